The van der Waals surface area contributed by atoms with Crippen molar-refractivity contribution in [2.45, 2.75) is 38.8 Å². The molecule has 4 nitrogen and oxygen atoms in total. The summed E-state index contributed by atoms with van der Waals surface area (Å²) in [6, 6.07) is 20.8. The van der Waals surface area contributed by atoms with Gasteiger partial charge in [-0.3, -0.25) is 5.32 Å². The van der Waals surface area contributed by atoms with Crippen LogP contribution in [0.15, 0.2) is 65.2 Å². The molecule has 124 valence electrons. The topological polar surface area (TPSA) is 51.0 Å². The van der Waals surface area contributed by atoms with Gasteiger partial charge in [0.2, 0.25) is 5.89 Å². The Balaban J connectivity index is 1.86. The van der Waals surface area contributed by atoms with Crippen LogP contribution >= 0.6 is 0 Å². The van der Waals surface area contributed by atoms with E-state index in [1.165, 1.54) is 11.1 Å². The fraction of sp³-hybridized carbons (Fsp3) is 0.300. The standard InChI is InChI=1S/C20H23N3O/c1-14(2)19-22-20(24-23-19)15(3)21-18(16-10-6-4-7-11-16)17-12-8-5-9-13-17/h4-15,18,21H,1-3H3. The highest BCUT2D eigenvalue weighted by Crippen LogP contribution is 2.25. The minimum atomic E-state index is -0.0459. The molecule has 1 heterocycles. The minimum Gasteiger partial charge on any atom is -0.338 e. The zero-order valence-electron chi connectivity index (χ0n) is 14.3. The molecule has 1 atom stereocenters. The number of hydrogen-bond acceptors (Lipinski definition) is 4. The van der Waals surface area contributed by atoms with Gasteiger partial charge >= 0.3 is 0 Å². The summed E-state index contributed by atoms with van der Waals surface area (Å²) in [6.07, 6.45) is 0. The van der Waals surface area contributed by atoms with Crippen molar-refractivity contribution in [1.29, 1.82) is 0 Å². The zero-order valence-corrected chi connectivity index (χ0v) is 14.3. The van der Waals surface area contributed by atoms with Crippen molar-refractivity contribution in [3.05, 3.63) is 83.5 Å². The van der Waals surface area contributed by atoms with Gasteiger partial charge in [-0.2, -0.15) is 4.98 Å². The molecule has 0 aliphatic carbocycles. The Hall–Kier alpha value is -2.46. The van der Waals surface area contributed by atoms with Gasteiger partial charge in [0.25, 0.3) is 0 Å². The highest BCUT2D eigenvalue weighted by atomic mass is 16.5. The largest absolute Gasteiger partial charge is 0.338 e. The van der Waals surface area contributed by atoms with Crippen LogP contribution in [0.3, 0.4) is 0 Å². The van der Waals surface area contributed by atoms with Crippen molar-refractivity contribution in [2.75, 3.05) is 0 Å². The number of rotatable bonds is 6. The van der Waals surface area contributed by atoms with Crippen molar-refractivity contribution in [1.82, 2.24) is 15.5 Å². The Morgan fingerprint density at radius 3 is 1.83 bits per heavy atom. The third-order valence-corrected chi connectivity index (χ3v) is 4.03. The molecule has 3 aromatic rings. The lowest BCUT2D eigenvalue weighted by atomic mass is 9.98. The molecule has 0 bridgehead atoms. The Morgan fingerprint density at radius 1 is 0.833 bits per heavy atom. The average Bonchev–Trinajstić information content (AvgIpc) is 3.11. The highest BCUT2D eigenvalue weighted by Gasteiger charge is 2.21. The van der Waals surface area contributed by atoms with Crippen LogP contribution in [0.4, 0.5) is 0 Å². The van der Waals surface area contributed by atoms with Crippen LogP contribution in [-0.4, -0.2) is 10.1 Å². The summed E-state index contributed by atoms with van der Waals surface area (Å²) in [7, 11) is 0. The van der Waals surface area contributed by atoms with Gasteiger partial charge in [0.05, 0.1) is 12.1 Å². The van der Waals surface area contributed by atoms with Gasteiger partial charge in [0.15, 0.2) is 5.82 Å². The molecule has 0 amide bonds. The first-order valence-corrected chi connectivity index (χ1v) is 8.34. The van der Waals surface area contributed by atoms with E-state index >= 15 is 0 Å². The molecule has 0 fully saturated rings. The Bertz CT molecular complexity index is 713. The Morgan fingerprint density at radius 2 is 1.38 bits per heavy atom. The van der Waals surface area contributed by atoms with Crippen molar-refractivity contribution >= 4 is 0 Å². The van der Waals surface area contributed by atoms with Gasteiger partial charge in [0, 0.05) is 5.92 Å². The fourth-order valence-corrected chi connectivity index (χ4v) is 2.65. The summed E-state index contributed by atoms with van der Waals surface area (Å²) in [6.45, 7) is 6.17. The molecule has 1 unspecified atom stereocenters. The molecule has 0 radical (unpaired) electrons. The van der Waals surface area contributed by atoms with Crippen LogP contribution in [-0.2, 0) is 0 Å². The van der Waals surface area contributed by atoms with Gasteiger partial charge in [-0.25, -0.2) is 0 Å². The summed E-state index contributed by atoms with van der Waals surface area (Å²) >= 11 is 0. The van der Waals surface area contributed by atoms with E-state index in [0.29, 0.717) is 5.89 Å². The summed E-state index contributed by atoms with van der Waals surface area (Å²) in [4.78, 5) is 4.51. The second-order valence-electron chi connectivity index (χ2n) is 6.29. The van der Waals surface area contributed by atoms with Gasteiger partial charge in [0.1, 0.15) is 0 Å². The number of hydrogen-bond donors (Lipinski definition) is 1. The molecular weight excluding hydrogens is 298 g/mol. The van der Waals surface area contributed by atoms with Gasteiger partial charge in [-0.05, 0) is 18.1 Å². The van der Waals surface area contributed by atoms with Crippen molar-refractivity contribution in [2.24, 2.45) is 0 Å². The van der Waals surface area contributed by atoms with E-state index in [9.17, 15) is 0 Å². The van der Waals surface area contributed by atoms with E-state index < -0.39 is 0 Å². The lowest BCUT2D eigenvalue weighted by Crippen LogP contribution is -2.26. The van der Waals surface area contributed by atoms with Gasteiger partial charge in [-0.1, -0.05) is 79.7 Å². The number of nitrogens with zero attached hydrogens (tertiary/aromatic N) is 2. The molecule has 0 aliphatic rings. The van der Waals surface area contributed by atoms with Gasteiger partial charge < -0.3 is 4.52 Å². The normalized spacial score (nSPS) is 12.7. The predicted molar refractivity (Wildman–Crippen MR) is 94.7 cm³/mol. The number of benzene rings is 2. The number of aromatic nitrogens is 2. The second-order valence-corrected chi connectivity index (χ2v) is 6.29. The van der Waals surface area contributed by atoms with Crippen LogP contribution in [0, 0.1) is 0 Å². The quantitative estimate of drug-likeness (QED) is 0.719. The maximum atomic E-state index is 5.44. The first kappa shape index (κ1) is 16.4. The fourth-order valence-electron chi connectivity index (χ4n) is 2.65. The minimum absolute atomic E-state index is 0.0459. The average molecular weight is 321 g/mol. The molecule has 2 aromatic carbocycles. The smallest absolute Gasteiger partial charge is 0.243 e. The third-order valence-electron chi connectivity index (χ3n) is 4.03. The molecular formula is C20H23N3O. The maximum absolute atomic E-state index is 5.44. The van der Waals surface area contributed by atoms with Crippen molar-refractivity contribution < 1.29 is 4.52 Å². The maximum Gasteiger partial charge on any atom is 0.243 e. The van der Waals surface area contributed by atoms with E-state index in [-0.39, 0.29) is 18.0 Å². The summed E-state index contributed by atoms with van der Waals surface area (Å²) < 4.78 is 5.44. The lowest BCUT2D eigenvalue weighted by Gasteiger charge is -2.22. The number of nitrogens with one attached hydrogen (secondary N) is 1. The van der Waals surface area contributed by atoms with Crippen LogP contribution < -0.4 is 5.32 Å². The van der Waals surface area contributed by atoms with Crippen LogP contribution in [0.2, 0.25) is 0 Å². The van der Waals surface area contributed by atoms with Crippen molar-refractivity contribution in [3.63, 3.8) is 0 Å². The Kier molecular flexibility index (Phi) is 5.06. The molecule has 0 spiro atoms. The molecule has 0 saturated heterocycles. The first-order valence-electron chi connectivity index (χ1n) is 8.34. The summed E-state index contributed by atoms with van der Waals surface area (Å²) in [5, 5.41) is 7.69. The van der Waals surface area contributed by atoms with Crippen molar-refractivity contribution in [3.8, 4) is 0 Å². The molecule has 0 aliphatic heterocycles. The van der Waals surface area contributed by atoms with Crippen LogP contribution in [0.5, 0.6) is 0 Å². The summed E-state index contributed by atoms with van der Waals surface area (Å²) in [5.74, 6) is 1.62. The predicted octanol–water partition coefficient (Wildman–Crippen LogP) is 4.63. The molecule has 1 N–H and O–H groups in total. The highest BCUT2D eigenvalue weighted by molar-refractivity contribution is 5.31. The van der Waals surface area contributed by atoms with Crippen LogP contribution in [0.1, 0.15) is 61.6 Å². The molecule has 1 aromatic heterocycles. The first-order chi connectivity index (χ1) is 11.6. The molecule has 0 saturated carbocycles. The van der Waals surface area contributed by atoms with E-state index in [2.05, 4.69) is 84.8 Å². The molecule has 3 rings (SSSR count). The van der Waals surface area contributed by atoms with E-state index in [1.54, 1.807) is 0 Å². The lowest BCUT2D eigenvalue weighted by molar-refractivity contribution is 0.328. The second kappa shape index (κ2) is 7.41. The van der Waals surface area contributed by atoms with E-state index in [0.717, 1.165) is 5.82 Å². The monoisotopic (exact) mass is 321 g/mol. The van der Waals surface area contributed by atoms with Crippen LogP contribution in [0.25, 0.3) is 0 Å². The molecule has 24 heavy (non-hydrogen) atoms. The van der Waals surface area contributed by atoms with E-state index in [1.807, 2.05) is 12.1 Å². The SMILES string of the molecule is CC(C)c1noc(C(C)NC(c2ccccc2)c2ccccc2)n1. The van der Waals surface area contributed by atoms with Gasteiger partial charge in [-0.15, -0.1) is 0 Å². The third kappa shape index (κ3) is 3.71. The Labute approximate surface area is 142 Å². The van der Waals surface area contributed by atoms with E-state index in [4.69, 9.17) is 4.52 Å². The zero-order chi connectivity index (χ0) is 16.9. The molecule has 4 heteroatoms. The summed E-state index contributed by atoms with van der Waals surface area (Å²) in [5.41, 5.74) is 2.42.